The molecule has 1 heterocycles. The van der Waals surface area contributed by atoms with Crippen LogP contribution in [0.2, 0.25) is 0 Å². The summed E-state index contributed by atoms with van der Waals surface area (Å²) in [6.45, 7) is 3.76. The van der Waals surface area contributed by atoms with Gasteiger partial charge in [0.25, 0.3) is 0 Å². The molecule has 2 nitrogen and oxygen atoms in total. The molecule has 0 aliphatic heterocycles. The van der Waals surface area contributed by atoms with E-state index >= 15 is 0 Å². The van der Waals surface area contributed by atoms with E-state index in [-0.39, 0.29) is 0 Å². The van der Waals surface area contributed by atoms with Crippen LogP contribution in [0.3, 0.4) is 0 Å². The minimum Gasteiger partial charge on any atom is -0.389 e. The van der Waals surface area contributed by atoms with E-state index < -0.39 is 17.3 Å². The highest BCUT2D eigenvalue weighted by Crippen LogP contribution is 2.30. The second-order valence-electron chi connectivity index (χ2n) is 4.10. The van der Waals surface area contributed by atoms with Gasteiger partial charge in [-0.15, -0.1) is 11.8 Å². The van der Waals surface area contributed by atoms with Crippen LogP contribution in [0.5, 0.6) is 0 Å². The molecule has 1 N–H and O–H groups in total. The molecule has 0 saturated heterocycles. The van der Waals surface area contributed by atoms with E-state index in [9.17, 15) is 18.3 Å². The molecule has 1 rings (SSSR count). The lowest BCUT2D eigenvalue weighted by Crippen LogP contribution is -2.29. The van der Waals surface area contributed by atoms with E-state index in [0.717, 1.165) is 12.3 Å². The number of nitrogens with zero attached hydrogens (tertiary/aromatic N) is 1. The maximum absolute atomic E-state index is 12.3. The van der Waals surface area contributed by atoms with E-state index in [0.29, 0.717) is 23.6 Å². The van der Waals surface area contributed by atoms with Crippen LogP contribution in [0, 0.1) is 0 Å². The van der Waals surface area contributed by atoms with Gasteiger partial charge in [0, 0.05) is 11.9 Å². The highest BCUT2D eigenvalue weighted by atomic mass is 32.2. The summed E-state index contributed by atoms with van der Waals surface area (Å²) < 4.78 is 37.0. The third-order valence-electron chi connectivity index (χ3n) is 2.87. The van der Waals surface area contributed by atoms with Gasteiger partial charge in [-0.2, -0.15) is 13.2 Å². The van der Waals surface area contributed by atoms with Gasteiger partial charge in [0.1, 0.15) is 0 Å². The van der Waals surface area contributed by atoms with Crippen LogP contribution >= 0.6 is 11.8 Å². The Morgan fingerprint density at radius 2 is 1.83 bits per heavy atom. The standard InChI is InChI=1S/C12H16F3NOS/c1-3-11(17,4-2)8-18-10-6-5-9(7-16-10)12(13,14)15/h5-7,17H,3-4,8H2,1-2H3. The summed E-state index contributed by atoms with van der Waals surface area (Å²) in [6, 6.07) is 2.34. The molecule has 18 heavy (non-hydrogen) atoms. The molecule has 1 aromatic heterocycles. The minimum absolute atomic E-state index is 0.429. The summed E-state index contributed by atoms with van der Waals surface area (Å²) >= 11 is 1.27. The second-order valence-corrected chi connectivity index (χ2v) is 5.10. The van der Waals surface area contributed by atoms with Crippen molar-refractivity contribution in [3.05, 3.63) is 23.9 Å². The molecule has 1 aromatic rings. The number of alkyl halides is 3. The predicted octanol–water partition coefficient (Wildman–Crippen LogP) is 3.74. The van der Waals surface area contributed by atoms with E-state index in [2.05, 4.69) is 4.98 Å². The molecular formula is C12H16F3NOS. The number of aromatic nitrogens is 1. The number of hydrogen-bond acceptors (Lipinski definition) is 3. The van der Waals surface area contributed by atoms with Crippen LogP contribution in [0.15, 0.2) is 23.4 Å². The maximum atomic E-state index is 12.3. The summed E-state index contributed by atoms with van der Waals surface area (Å²) in [5, 5.41) is 10.5. The molecular weight excluding hydrogens is 263 g/mol. The molecule has 6 heteroatoms. The SMILES string of the molecule is CCC(O)(CC)CSc1ccc(C(F)(F)F)cn1. The zero-order valence-electron chi connectivity index (χ0n) is 10.3. The van der Waals surface area contributed by atoms with Crippen molar-refractivity contribution < 1.29 is 18.3 Å². The zero-order chi connectivity index (χ0) is 13.8. The normalized spacial score (nSPS) is 12.8. The first-order valence-electron chi connectivity index (χ1n) is 5.69. The average molecular weight is 279 g/mol. The van der Waals surface area contributed by atoms with Gasteiger partial charge in [-0.05, 0) is 25.0 Å². The lowest BCUT2D eigenvalue weighted by atomic mass is 10.0. The Morgan fingerprint density at radius 3 is 2.22 bits per heavy atom. The summed E-state index contributed by atoms with van der Waals surface area (Å²) in [4.78, 5) is 3.75. The molecule has 0 bridgehead atoms. The first-order valence-corrected chi connectivity index (χ1v) is 6.67. The van der Waals surface area contributed by atoms with Crippen molar-refractivity contribution in [3.8, 4) is 0 Å². The number of halogens is 3. The fraction of sp³-hybridized carbons (Fsp3) is 0.583. The molecule has 0 aliphatic carbocycles. The molecule has 0 saturated carbocycles. The fourth-order valence-corrected chi connectivity index (χ4v) is 2.41. The summed E-state index contributed by atoms with van der Waals surface area (Å²) in [6.07, 6.45) is -2.32. The highest BCUT2D eigenvalue weighted by Gasteiger charge is 2.30. The van der Waals surface area contributed by atoms with Crippen LogP contribution in [0.25, 0.3) is 0 Å². The first kappa shape index (κ1) is 15.3. The van der Waals surface area contributed by atoms with Crippen molar-refractivity contribution in [3.63, 3.8) is 0 Å². The van der Waals surface area contributed by atoms with Crippen LogP contribution in [-0.2, 0) is 6.18 Å². The van der Waals surface area contributed by atoms with Crippen molar-refractivity contribution in [2.75, 3.05) is 5.75 Å². The molecule has 102 valence electrons. The van der Waals surface area contributed by atoms with Crippen molar-refractivity contribution >= 4 is 11.8 Å². The Hall–Kier alpha value is -0.750. The highest BCUT2D eigenvalue weighted by molar-refractivity contribution is 7.99. The molecule has 0 aromatic carbocycles. The second kappa shape index (κ2) is 5.93. The van der Waals surface area contributed by atoms with E-state index in [1.165, 1.54) is 17.8 Å². The molecule has 0 fully saturated rings. The number of thioether (sulfide) groups is 1. The Kier molecular flexibility index (Phi) is 5.04. The molecule has 0 unspecified atom stereocenters. The van der Waals surface area contributed by atoms with Crippen molar-refractivity contribution in [1.29, 1.82) is 0 Å². The van der Waals surface area contributed by atoms with Crippen molar-refractivity contribution in [1.82, 2.24) is 4.98 Å². The maximum Gasteiger partial charge on any atom is 0.417 e. The molecule has 0 amide bonds. The third-order valence-corrected chi connectivity index (χ3v) is 4.09. The van der Waals surface area contributed by atoms with Gasteiger partial charge in [0.05, 0.1) is 16.2 Å². The number of pyridine rings is 1. The van der Waals surface area contributed by atoms with Crippen molar-refractivity contribution in [2.45, 2.75) is 43.5 Å². The summed E-state index contributed by atoms with van der Waals surface area (Å²) in [5.74, 6) is 0.429. The van der Waals surface area contributed by atoms with Crippen LogP contribution in [0.1, 0.15) is 32.3 Å². The van der Waals surface area contributed by atoms with Crippen LogP contribution in [0.4, 0.5) is 13.2 Å². The van der Waals surface area contributed by atoms with Gasteiger partial charge in [-0.25, -0.2) is 4.98 Å². The average Bonchev–Trinajstić information content (AvgIpc) is 2.35. The van der Waals surface area contributed by atoms with E-state index in [1.807, 2.05) is 13.8 Å². The number of hydrogen-bond donors (Lipinski definition) is 1. The Bertz CT molecular complexity index is 374. The zero-order valence-corrected chi connectivity index (χ0v) is 11.1. The molecule has 0 aliphatic rings. The first-order chi connectivity index (χ1) is 8.30. The quantitative estimate of drug-likeness (QED) is 0.833. The van der Waals surface area contributed by atoms with Gasteiger partial charge in [-0.3, -0.25) is 0 Å². The lowest BCUT2D eigenvalue weighted by Gasteiger charge is -2.24. The summed E-state index contributed by atoms with van der Waals surface area (Å²) in [7, 11) is 0. The Morgan fingerprint density at radius 1 is 1.22 bits per heavy atom. The lowest BCUT2D eigenvalue weighted by molar-refractivity contribution is -0.137. The number of rotatable bonds is 5. The van der Waals surface area contributed by atoms with Crippen LogP contribution < -0.4 is 0 Å². The van der Waals surface area contributed by atoms with E-state index in [4.69, 9.17) is 0 Å². The van der Waals surface area contributed by atoms with Gasteiger partial charge in [0.15, 0.2) is 0 Å². The van der Waals surface area contributed by atoms with Gasteiger partial charge < -0.3 is 5.11 Å². The Labute approximate surface area is 109 Å². The molecule has 0 radical (unpaired) electrons. The van der Waals surface area contributed by atoms with Gasteiger partial charge >= 0.3 is 6.18 Å². The minimum atomic E-state index is -4.36. The largest absolute Gasteiger partial charge is 0.417 e. The molecule has 0 atom stereocenters. The van der Waals surface area contributed by atoms with Crippen molar-refractivity contribution in [2.24, 2.45) is 0 Å². The monoisotopic (exact) mass is 279 g/mol. The van der Waals surface area contributed by atoms with E-state index in [1.54, 1.807) is 0 Å². The topological polar surface area (TPSA) is 33.1 Å². The van der Waals surface area contributed by atoms with Gasteiger partial charge in [-0.1, -0.05) is 13.8 Å². The summed E-state index contributed by atoms with van der Waals surface area (Å²) in [5.41, 5.74) is -1.54. The number of aliphatic hydroxyl groups is 1. The Balaban J connectivity index is 2.65. The predicted molar refractivity (Wildman–Crippen MR) is 65.5 cm³/mol. The van der Waals surface area contributed by atoms with Gasteiger partial charge in [0.2, 0.25) is 0 Å². The fourth-order valence-electron chi connectivity index (χ4n) is 1.30. The molecule has 0 spiro atoms. The smallest absolute Gasteiger partial charge is 0.389 e. The third kappa shape index (κ3) is 4.17. The van der Waals surface area contributed by atoms with Crippen LogP contribution in [-0.4, -0.2) is 21.4 Å².